The van der Waals surface area contributed by atoms with E-state index >= 15 is 0 Å². The molecule has 2 aromatic rings. The summed E-state index contributed by atoms with van der Waals surface area (Å²) in [6, 6.07) is 9.37. The van der Waals surface area contributed by atoms with Crippen molar-refractivity contribution >= 4 is 27.3 Å². The summed E-state index contributed by atoms with van der Waals surface area (Å²) in [6.07, 6.45) is 2.28. The molecule has 7 nitrogen and oxygen atoms in total. The second kappa shape index (κ2) is 10.7. The molecule has 1 aromatic carbocycles. The molecular weight excluding hydrogens is 458 g/mol. The number of carbonyl (C=O) groups excluding carboxylic acids is 1. The van der Waals surface area contributed by atoms with Crippen molar-refractivity contribution in [2.45, 2.75) is 44.2 Å². The molecular formula is C24H33N3O4S2. The SMILES string of the molecule is Cc1ccc(S(=O)(=O)N2CCN(C(=O)CN(Cc3cccs3)CC3CCCO3)CC2)cc1C. The lowest BCUT2D eigenvalue weighted by molar-refractivity contribution is -0.134. The molecule has 0 spiro atoms. The van der Waals surface area contributed by atoms with Gasteiger partial charge in [-0.05, 0) is 61.4 Å². The van der Waals surface area contributed by atoms with Gasteiger partial charge < -0.3 is 9.64 Å². The van der Waals surface area contributed by atoms with Gasteiger partial charge in [-0.15, -0.1) is 11.3 Å². The van der Waals surface area contributed by atoms with Gasteiger partial charge in [-0.25, -0.2) is 8.42 Å². The van der Waals surface area contributed by atoms with Crippen LogP contribution in [0.25, 0.3) is 0 Å². The van der Waals surface area contributed by atoms with E-state index < -0.39 is 10.0 Å². The maximum Gasteiger partial charge on any atom is 0.243 e. The third-order valence-corrected chi connectivity index (χ3v) is 9.27. The van der Waals surface area contributed by atoms with Crippen LogP contribution in [0, 0.1) is 13.8 Å². The molecule has 33 heavy (non-hydrogen) atoms. The van der Waals surface area contributed by atoms with Crippen molar-refractivity contribution in [2.24, 2.45) is 0 Å². The number of sulfonamides is 1. The summed E-state index contributed by atoms with van der Waals surface area (Å²) in [5.41, 5.74) is 2.03. The van der Waals surface area contributed by atoms with Gasteiger partial charge in [0.15, 0.2) is 0 Å². The molecule has 1 unspecified atom stereocenters. The van der Waals surface area contributed by atoms with Gasteiger partial charge in [0.2, 0.25) is 15.9 Å². The van der Waals surface area contributed by atoms with Crippen LogP contribution in [0.3, 0.4) is 0 Å². The third-order valence-electron chi connectivity index (χ3n) is 6.51. The van der Waals surface area contributed by atoms with Crippen molar-refractivity contribution in [1.82, 2.24) is 14.1 Å². The number of thiophene rings is 1. The highest BCUT2D eigenvalue weighted by Gasteiger charge is 2.31. The van der Waals surface area contributed by atoms with Crippen LogP contribution in [0.2, 0.25) is 0 Å². The Kier molecular flexibility index (Phi) is 7.86. The zero-order valence-corrected chi connectivity index (χ0v) is 21.0. The van der Waals surface area contributed by atoms with Gasteiger partial charge in [0.05, 0.1) is 17.5 Å². The number of hydrogen-bond acceptors (Lipinski definition) is 6. The van der Waals surface area contributed by atoms with Gasteiger partial charge in [0.25, 0.3) is 0 Å². The lowest BCUT2D eigenvalue weighted by atomic mass is 10.1. The van der Waals surface area contributed by atoms with Crippen LogP contribution in [-0.2, 0) is 26.1 Å². The molecule has 180 valence electrons. The molecule has 9 heteroatoms. The second-order valence-electron chi connectivity index (χ2n) is 8.91. The fraction of sp³-hybridized carbons (Fsp3) is 0.542. The molecule has 2 aliphatic rings. The molecule has 2 aliphatic heterocycles. The Bertz CT molecular complexity index is 1040. The first-order valence-corrected chi connectivity index (χ1v) is 13.9. The number of amides is 1. The van der Waals surface area contributed by atoms with Crippen LogP contribution >= 0.6 is 11.3 Å². The predicted molar refractivity (Wildman–Crippen MR) is 130 cm³/mol. The van der Waals surface area contributed by atoms with Crippen LogP contribution in [0.4, 0.5) is 0 Å². The Labute approximate surface area is 201 Å². The summed E-state index contributed by atoms with van der Waals surface area (Å²) in [6.45, 7) is 7.93. The first kappa shape index (κ1) is 24.3. The lowest BCUT2D eigenvalue weighted by Crippen LogP contribution is -2.52. The summed E-state index contributed by atoms with van der Waals surface area (Å²) in [4.78, 5) is 18.6. The van der Waals surface area contributed by atoms with Gasteiger partial charge >= 0.3 is 0 Å². The van der Waals surface area contributed by atoms with Crippen LogP contribution in [0.15, 0.2) is 40.6 Å². The maximum atomic E-state index is 13.1. The molecule has 2 fully saturated rings. The zero-order valence-electron chi connectivity index (χ0n) is 19.4. The molecule has 1 aromatic heterocycles. The number of nitrogens with zero attached hydrogens (tertiary/aromatic N) is 3. The second-order valence-corrected chi connectivity index (χ2v) is 11.9. The predicted octanol–water partition coefficient (Wildman–Crippen LogP) is 2.88. The summed E-state index contributed by atoms with van der Waals surface area (Å²) in [7, 11) is -3.55. The van der Waals surface area contributed by atoms with E-state index in [1.54, 1.807) is 28.4 Å². The number of piperazine rings is 1. The van der Waals surface area contributed by atoms with Gasteiger partial charge in [-0.1, -0.05) is 12.1 Å². The maximum absolute atomic E-state index is 13.1. The van der Waals surface area contributed by atoms with E-state index in [0.717, 1.165) is 43.7 Å². The topological polar surface area (TPSA) is 70.2 Å². The molecule has 0 N–H and O–H groups in total. The molecule has 1 amide bonds. The van der Waals surface area contributed by atoms with E-state index in [-0.39, 0.29) is 12.0 Å². The van der Waals surface area contributed by atoms with E-state index in [2.05, 4.69) is 16.3 Å². The van der Waals surface area contributed by atoms with Crippen LogP contribution in [-0.4, -0.2) is 80.4 Å². The summed E-state index contributed by atoms with van der Waals surface area (Å²) >= 11 is 1.69. The highest BCUT2D eigenvalue weighted by molar-refractivity contribution is 7.89. The van der Waals surface area contributed by atoms with Crippen LogP contribution in [0.5, 0.6) is 0 Å². The first-order valence-electron chi connectivity index (χ1n) is 11.5. The summed E-state index contributed by atoms with van der Waals surface area (Å²) < 4.78 is 33.5. The minimum atomic E-state index is -3.55. The normalized spacial score (nSPS) is 20.0. The fourth-order valence-electron chi connectivity index (χ4n) is 4.38. The average molecular weight is 492 g/mol. The number of hydrogen-bond donors (Lipinski definition) is 0. The molecule has 2 saturated heterocycles. The largest absolute Gasteiger partial charge is 0.377 e. The number of rotatable bonds is 8. The number of benzene rings is 1. The number of ether oxygens (including phenoxy) is 1. The van der Waals surface area contributed by atoms with E-state index in [9.17, 15) is 13.2 Å². The molecule has 4 rings (SSSR count). The van der Waals surface area contributed by atoms with Crippen molar-refractivity contribution in [3.05, 3.63) is 51.7 Å². The first-order chi connectivity index (χ1) is 15.8. The Morgan fingerprint density at radius 3 is 2.58 bits per heavy atom. The van der Waals surface area contributed by atoms with Crippen molar-refractivity contribution < 1.29 is 17.9 Å². The third kappa shape index (κ3) is 6.02. The Morgan fingerprint density at radius 2 is 1.94 bits per heavy atom. The van der Waals surface area contributed by atoms with Crippen molar-refractivity contribution in [2.75, 3.05) is 45.9 Å². The van der Waals surface area contributed by atoms with Gasteiger partial charge in [0.1, 0.15) is 0 Å². The van der Waals surface area contributed by atoms with E-state index in [4.69, 9.17) is 4.74 Å². The quantitative estimate of drug-likeness (QED) is 0.568. The van der Waals surface area contributed by atoms with Crippen molar-refractivity contribution in [3.8, 4) is 0 Å². The molecule has 0 radical (unpaired) electrons. The zero-order chi connectivity index (χ0) is 23.4. The van der Waals surface area contributed by atoms with Gasteiger partial charge in [-0.3, -0.25) is 9.69 Å². The minimum Gasteiger partial charge on any atom is -0.377 e. The standard InChI is InChI=1S/C24H33N3O4S2/c1-19-7-8-23(15-20(19)2)33(29,30)27-11-9-26(10-12-27)24(28)18-25(16-21-5-3-13-31-21)17-22-6-4-14-32-22/h4,6-8,14-15,21H,3,5,9-13,16-18H2,1-2H3. The molecule has 1 atom stereocenters. The number of carbonyl (C=O) groups is 1. The van der Waals surface area contributed by atoms with E-state index in [1.165, 1.54) is 9.18 Å². The average Bonchev–Trinajstić information content (AvgIpc) is 3.50. The van der Waals surface area contributed by atoms with Crippen molar-refractivity contribution in [1.29, 1.82) is 0 Å². The Balaban J connectivity index is 1.35. The summed E-state index contributed by atoms with van der Waals surface area (Å²) in [5.74, 6) is 0.0489. The highest BCUT2D eigenvalue weighted by atomic mass is 32.2. The smallest absolute Gasteiger partial charge is 0.243 e. The molecule has 0 bridgehead atoms. The van der Waals surface area contributed by atoms with Crippen LogP contribution in [0.1, 0.15) is 28.8 Å². The van der Waals surface area contributed by atoms with Gasteiger partial charge in [-0.2, -0.15) is 4.31 Å². The molecule has 0 saturated carbocycles. The minimum absolute atomic E-state index is 0.0489. The molecule has 0 aliphatic carbocycles. The van der Waals surface area contributed by atoms with Crippen molar-refractivity contribution in [3.63, 3.8) is 0 Å². The van der Waals surface area contributed by atoms with Crippen LogP contribution < -0.4 is 0 Å². The highest BCUT2D eigenvalue weighted by Crippen LogP contribution is 2.21. The monoisotopic (exact) mass is 491 g/mol. The fourth-order valence-corrected chi connectivity index (χ4v) is 6.63. The Morgan fingerprint density at radius 1 is 1.15 bits per heavy atom. The van der Waals surface area contributed by atoms with E-state index in [1.807, 2.05) is 26.0 Å². The van der Waals surface area contributed by atoms with E-state index in [0.29, 0.717) is 37.6 Å². The molecule has 3 heterocycles. The van der Waals surface area contributed by atoms with Gasteiger partial charge in [0, 0.05) is 50.8 Å². The lowest BCUT2D eigenvalue weighted by Gasteiger charge is -2.35. The number of aryl methyl sites for hydroxylation is 2. The summed E-state index contributed by atoms with van der Waals surface area (Å²) in [5, 5.41) is 2.05. The Hall–Kier alpha value is -1.78.